The Labute approximate surface area is 125 Å². The molecule has 0 aliphatic heterocycles. The molecule has 0 unspecified atom stereocenters. The summed E-state index contributed by atoms with van der Waals surface area (Å²) in [6.07, 6.45) is 0.726. The van der Waals surface area contributed by atoms with Crippen LogP contribution in [-0.4, -0.2) is 16.9 Å². The molecule has 0 saturated carbocycles. The summed E-state index contributed by atoms with van der Waals surface area (Å²) in [6, 6.07) is 2.05. The Kier molecular flexibility index (Phi) is 5.81. The van der Waals surface area contributed by atoms with E-state index in [2.05, 4.69) is 0 Å². The van der Waals surface area contributed by atoms with Crippen molar-refractivity contribution in [1.29, 1.82) is 0 Å². The molecule has 0 fully saturated rings. The lowest BCUT2D eigenvalue weighted by Crippen LogP contribution is -2.25. The van der Waals surface area contributed by atoms with Crippen molar-refractivity contribution in [3.8, 4) is 0 Å². The zero-order chi connectivity index (χ0) is 15.4. The molecule has 3 nitrogen and oxygen atoms in total. The van der Waals surface area contributed by atoms with Gasteiger partial charge in [-0.25, -0.2) is 0 Å². The van der Waals surface area contributed by atoms with Crippen LogP contribution in [-0.2, 0) is 10.5 Å². The van der Waals surface area contributed by atoms with Crippen molar-refractivity contribution in [3.63, 3.8) is 0 Å². The van der Waals surface area contributed by atoms with E-state index in [9.17, 15) is 9.59 Å². The maximum Gasteiger partial charge on any atom is 0.230 e. The van der Waals surface area contributed by atoms with Crippen molar-refractivity contribution in [2.45, 2.75) is 52.0 Å². The van der Waals surface area contributed by atoms with Gasteiger partial charge in [-0.2, -0.15) is 0 Å². The summed E-state index contributed by atoms with van der Waals surface area (Å²) in [6.45, 7) is 9.55. The zero-order valence-corrected chi connectivity index (χ0v) is 13.7. The topological polar surface area (TPSA) is 60.2 Å². The number of hydrogen-bond acceptors (Lipinski definition) is 3. The first-order valence-electron chi connectivity index (χ1n) is 6.81. The van der Waals surface area contributed by atoms with E-state index < -0.39 is 0 Å². The molecule has 0 heterocycles. The summed E-state index contributed by atoms with van der Waals surface area (Å²) in [7, 11) is 0. The SMILES string of the molecule is CC[C@@H](SCc1c(C)cc(C)c(C(C)=O)c1C)C(N)=O. The van der Waals surface area contributed by atoms with Crippen molar-refractivity contribution >= 4 is 23.5 Å². The molecular formula is C16H23NO2S. The molecule has 1 atom stereocenters. The third kappa shape index (κ3) is 3.63. The Bertz CT molecular complexity index is 538. The van der Waals surface area contributed by atoms with Crippen LogP contribution < -0.4 is 5.73 Å². The average molecular weight is 293 g/mol. The van der Waals surface area contributed by atoms with Crippen molar-refractivity contribution < 1.29 is 9.59 Å². The summed E-state index contributed by atoms with van der Waals surface area (Å²) >= 11 is 1.55. The van der Waals surface area contributed by atoms with E-state index in [-0.39, 0.29) is 16.9 Å². The van der Waals surface area contributed by atoms with Gasteiger partial charge in [0.15, 0.2) is 5.78 Å². The fourth-order valence-electron chi connectivity index (χ4n) is 2.58. The van der Waals surface area contributed by atoms with Gasteiger partial charge in [-0.15, -0.1) is 11.8 Å². The van der Waals surface area contributed by atoms with Crippen molar-refractivity contribution in [2.75, 3.05) is 0 Å². The quantitative estimate of drug-likeness (QED) is 0.819. The van der Waals surface area contributed by atoms with Crippen LogP contribution in [0.1, 0.15) is 52.9 Å². The molecule has 110 valence electrons. The largest absolute Gasteiger partial charge is 0.369 e. The number of Topliss-reactive ketones (excluding diaryl/α,β-unsaturated/α-hetero) is 1. The summed E-state index contributed by atoms with van der Waals surface area (Å²) in [4.78, 5) is 23.1. The predicted molar refractivity (Wildman–Crippen MR) is 85.2 cm³/mol. The van der Waals surface area contributed by atoms with Gasteiger partial charge in [0, 0.05) is 11.3 Å². The highest BCUT2D eigenvalue weighted by Gasteiger charge is 2.17. The molecule has 0 radical (unpaired) electrons. The van der Waals surface area contributed by atoms with Crippen LogP contribution in [0.2, 0.25) is 0 Å². The molecule has 4 heteroatoms. The van der Waals surface area contributed by atoms with E-state index in [0.717, 1.165) is 34.2 Å². The number of hydrogen-bond donors (Lipinski definition) is 1. The lowest BCUT2D eigenvalue weighted by molar-refractivity contribution is -0.117. The number of amides is 1. The normalized spacial score (nSPS) is 12.2. The van der Waals surface area contributed by atoms with E-state index >= 15 is 0 Å². The third-order valence-electron chi connectivity index (χ3n) is 3.60. The molecule has 20 heavy (non-hydrogen) atoms. The van der Waals surface area contributed by atoms with Crippen molar-refractivity contribution in [2.24, 2.45) is 5.73 Å². The molecule has 1 aromatic rings. The van der Waals surface area contributed by atoms with E-state index in [1.54, 1.807) is 18.7 Å². The van der Waals surface area contributed by atoms with Gasteiger partial charge < -0.3 is 5.73 Å². The number of carbonyl (C=O) groups is 2. The Morgan fingerprint density at radius 2 is 1.85 bits per heavy atom. The minimum absolute atomic E-state index is 0.0909. The number of primary amides is 1. The number of rotatable bonds is 6. The molecule has 0 aliphatic rings. The zero-order valence-electron chi connectivity index (χ0n) is 12.9. The smallest absolute Gasteiger partial charge is 0.230 e. The lowest BCUT2D eigenvalue weighted by atomic mass is 9.92. The van der Waals surface area contributed by atoms with E-state index in [1.165, 1.54) is 0 Å². The Balaban J connectivity index is 3.10. The summed E-state index contributed by atoms with van der Waals surface area (Å²) in [5.74, 6) is 0.527. The van der Waals surface area contributed by atoms with Crippen LogP contribution in [0.4, 0.5) is 0 Å². The minimum Gasteiger partial charge on any atom is -0.369 e. The molecule has 1 rings (SSSR count). The molecule has 0 aliphatic carbocycles. The van der Waals surface area contributed by atoms with Crippen LogP contribution in [0, 0.1) is 20.8 Å². The van der Waals surface area contributed by atoms with Gasteiger partial charge in [-0.05, 0) is 56.4 Å². The van der Waals surface area contributed by atoms with Gasteiger partial charge in [0.1, 0.15) is 0 Å². The molecule has 1 aromatic carbocycles. The van der Waals surface area contributed by atoms with E-state index in [1.807, 2.05) is 33.8 Å². The average Bonchev–Trinajstić information content (AvgIpc) is 2.31. The highest BCUT2D eigenvalue weighted by molar-refractivity contribution is 7.99. The number of aryl methyl sites for hydroxylation is 2. The molecule has 0 saturated heterocycles. The number of ketones is 1. The minimum atomic E-state index is -0.272. The van der Waals surface area contributed by atoms with Gasteiger partial charge in [0.05, 0.1) is 5.25 Å². The first-order valence-corrected chi connectivity index (χ1v) is 7.85. The number of thioether (sulfide) groups is 1. The van der Waals surface area contributed by atoms with Crippen molar-refractivity contribution in [1.82, 2.24) is 0 Å². The second-order valence-corrected chi connectivity index (χ2v) is 6.35. The molecule has 0 aromatic heterocycles. The Morgan fingerprint density at radius 3 is 2.30 bits per heavy atom. The third-order valence-corrected chi connectivity index (χ3v) is 5.02. The Hall–Kier alpha value is -1.29. The maximum absolute atomic E-state index is 11.8. The Morgan fingerprint density at radius 1 is 1.25 bits per heavy atom. The summed E-state index contributed by atoms with van der Waals surface area (Å²) in [5, 5.41) is -0.170. The van der Waals surface area contributed by atoms with E-state index in [4.69, 9.17) is 5.73 Å². The monoisotopic (exact) mass is 293 g/mol. The second-order valence-electron chi connectivity index (χ2n) is 5.16. The van der Waals surface area contributed by atoms with Crippen molar-refractivity contribution in [3.05, 3.63) is 33.9 Å². The molecular weight excluding hydrogens is 270 g/mol. The van der Waals surface area contributed by atoms with E-state index in [0.29, 0.717) is 5.75 Å². The number of benzene rings is 1. The first-order chi connectivity index (χ1) is 9.29. The fraction of sp³-hybridized carbons (Fsp3) is 0.500. The van der Waals surface area contributed by atoms with Crippen LogP contribution in [0.15, 0.2) is 6.07 Å². The molecule has 2 N–H and O–H groups in total. The standard InChI is InChI=1S/C16H23NO2S/c1-6-14(16(17)19)20-8-13-9(2)7-10(3)15(11(13)4)12(5)18/h7,14H,6,8H2,1-5H3,(H2,17,19)/t14-/m1/s1. The van der Waals surface area contributed by atoms with Gasteiger partial charge in [0.25, 0.3) is 0 Å². The molecule has 0 bridgehead atoms. The van der Waals surface area contributed by atoms with Gasteiger partial charge in [-0.3, -0.25) is 9.59 Å². The number of nitrogens with two attached hydrogens (primary N) is 1. The fourth-order valence-corrected chi connectivity index (χ4v) is 3.79. The second kappa shape index (κ2) is 6.93. The van der Waals surface area contributed by atoms with Crippen LogP contribution in [0.5, 0.6) is 0 Å². The van der Waals surface area contributed by atoms with Gasteiger partial charge >= 0.3 is 0 Å². The summed E-state index contributed by atoms with van der Waals surface area (Å²) in [5.41, 5.74) is 10.5. The highest BCUT2D eigenvalue weighted by atomic mass is 32.2. The van der Waals surface area contributed by atoms with Crippen LogP contribution >= 0.6 is 11.8 Å². The highest BCUT2D eigenvalue weighted by Crippen LogP contribution is 2.28. The number of carbonyl (C=O) groups excluding carboxylic acids is 2. The molecule has 0 spiro atoms. The lowest BCUT2D eigenvalue weighted by Gasteiger charge is -2.17. The van der Waals surface area contributed by atoms with Gasteiger partial charge in [-0.1, -0.05) is 13.0 Å². The predicted octanol–water partition coefficient (Wildman–Crippen LogP) is 3.31. The maximum atomic E-state index is 11.8. The summed E-state index contributed by atoms with van der Waals surface area (Å²) < 4.78 is 0. The van der Waals surface area contributed by atoms with Crippen LogP contribution in [0.25, 0.3) is 0 Å². The van der Waals surface area contributed by atoms with Gasteiger partial charge in [0.2, 0.25) is 5.91 Å². The molecule has 1 amide bonds. The first kappa shape index (κ1) is 16.8. The van der Waals surface area contributed by atoms with Crippen LogP contribution in [0.3, 0.4) is 0 Å².